The van der Waals surface area contributed by atoms with E-state index in [-0.39, 0.29) is 17.7 Å². The summed E-state index contributed by atoms with van der Waals surface area (Å²) < 4.78 is 126. The van der Waals surface area contributed by atoms with E-state index in [0.717, 1.165) is 16.3 Å². The summed E-state index contributed by atoms with van der Waals surface area (Å²) in [6.07, 6.45) is -8.27. The minimum atomic E-state index is -6.87. The molecule has 0 radical (unpaired) electrons. The molecular weight excluding hydrogens is 503 g/mol. The van der Waals surface area contributed by atoms with Crippen molar-refractivity contribution in [1.29, 1.82) is 0 Å². The molecule has 2 rings (SSSR count). The highest BCUT2D eigenvalue weighted by Crippen LogP contribution is 2.55. The molecule has 2 aromatic rings. The normalized spacial score (nSPS) is 14.4. The summed E-state index contributed by atoms with van der Waals surface area (Å²) in [6, 6.07) is 12.6. The van der Waals surface area contributed by atoms with Crippen LogP contribution >= 0.6 is 0 Å². The Balaban J connectivity index is 2.21. The van der Waals surface area contributed by atoms with Gasteiger partial charge >= 0.3 is 23.9 Å². The van der Waals surface area contributed by atoms with Gasteiger partial charge in [0.15, 0.2) is 8.32 Å². The minimum absolute atomic E-state index is 0.0710. The van der Waals surface area contributed by atoms with Crippen LogP contribution in [0.4, 0.5) is 39.5 Å². The average Bonchev–Trinajstić information content (AvgIpc) is 2.74. The number of hydrogen-bond donors (Lipinski definition) is 0. The van der Waals surface area contributed by atoms with E-state index in [1.54, 1.807) is 27.7 Å². The van der Waals surface area contributed by atoms with Gasteiger partial charge in [-0.15, -0.1) is 0 Å². The second-order valence-corrected chi connectivity index (χ2v) is 14.4. The largest absolute Gasteiger partial charge is 0.460 e. The van der Waals surface area contributed by atoms with Crippen molar-refractivity contribution in [1.82, 2.24) is 0 Å². The molecule has 1 nitrogen and oxygen atoms in total. The maximum atomic E-state index is 14.3. The highest BCUT2D eigenvalue weighted by atomic mass is 28.4. The summed E-state index contributed by atoms with van der Waals surface area (Å²) in [5, 5.41) is 2.00. The van der Waals surface area contributed by atoms with Gasteiger partial charge in [-0.05, 0) is 39.9 Å². The number of rotatable bonds is 11. The van der Waals surface area contributed by atoms with Crippen LogP contribution in [0.15, 0.2) is 42.5 Å². The monoisotopic (exact) mass is 532 g/mol. The molecule has 0 aliphatic rings. The molecule has 0 aliphatic heterocycles. The van der Waals surface area contributed by atoms with Crippen LogP contribution in [0.1, 0.15) is 39.7 Å². The van der Waals surface area contributed by atoms with Gasteiger partial charge in [0, 0.05) is 13.0 Å². The third-order valence-electron chi connectivity index (χ3n) is 6.57. The maximum Gasteiger partial charge on any atom is 0.460 e. The van der Waals surface area contributed by atoms with E-state index in [2.05, 4.69) is 0 Å². The van der Waals surface area contributed by atoms with Gasteiger partial charge in [-0.1, -0.05) is 70.2 Å². The van der Waals surface area contributed by atoms with E-state index in [1.165, 1.54) is 0 Å². The fourth-order valence-electron chi connectivity index (χ4n) is 4.32. The Morgan fingerprint density at radius 3 is 1.80 bits per heavy atom. The fraction of sp³-hybridized carbons (Fsp3) is 0.583. The predicted octanol–water partition coefficient (Wildman–Crippen LogP) is 9.02. The van der Waals surface area contributed by atoms with Gasteiger partial charge in [-0.3, -0.25) is 0 Å². The van der Waals surface area contributed by atoms with Crippen LogP contribution in [0.2, 0.25) is 17.1 Å². The van der Waals surface area contributed by atoms with Crippen molar-refractivity contribution < 1.29 is 43.9 Å². The lowest BCUT2D eigenvalue weighted by Crippen LogP contribution is -2.61. The lowest BCUT2D eigenvalue weighted by molar-refractivity contribution is -0.396. The van der Waals surface area contributed by atoms with Crippen LogP contribution in [0, 0.1) is 0 Å². The summed E-state index contributed by atoms with van der Waals surface area (Å²) in [5.41, 5.74) is 0.124. The van der Waals surface area contributed by atoms with Crippen molar-refractivity contribution in [2.75, 3.05) is 6.61 Å². The Morgan fingerprint density at radius 2 is 1.29 bits per heavy atom. The molecule has 35 heavy (non-hydrogen) atoms. The third kappa shape index (κ3) is 5.81. The molecule has 11 heteroatoms. The van der Waals surface area contributed by atoms with Crippen molar-refractivity contribution in [3.05, 3.63) is 48.0 Å². The molecule has 198 valence electrons. The second kappa shape index (κ2) is 10.3. The van der Waals surface area contributed by atoms with Gasteiger partial charge in [0.25, 0.3) is 0 Å². The van der Waals surface area contributed by atoms with Gasteiger partial charge in [0.2, 0.25) is 0 Å². The van der Waals surface area contributed by atoms with E-state index in [1.807, 2.05) is 42.5 Å². The highest BCUT2D eigenvalue weighted by Gasteiger charge is 2.81. The van der Waals surface area contributed by atoms with E-state index in [0.29, 0.717) is 6.42 Å². The molecule has 0 spiro atoms. The first-order valence-corrected chi connectivity index (χ1v) is 13.5. The minimum Gasteiger partial charge on any atom is -0.416 e. The molecule has 0 aromatic heterocycles. The first kappa shape index (κ1) is 29.5. The van der Waals surface area contributed by atoms with Crippen LogP contribution < -0.4 is 0 Å². The second-order valence-electron chi connectivity index (χ2n) is 9.40. The maximum absolute atomic E-state index is 14.3. The van der Waals surface area contributed by atoms with Crippen LogP contribution in [0.5, 0.6) is 0 Å². The van der Waals surface area contributed by atoms with Crippen molar-refractivity contribution in [3.63, 3.8) is 0 Å². The van der Waals surface area contributed by atoms with Gasteiger partial charge in [-0.25, -0.2) is 0 Å². The van der Waals surface area contributed by atoms with Crippen LogP contribution in [-0.2, 0) is 10.8 Å². The highest BCUT2D eigenvalue weighted by molar-refractivity contribution is 6.76. The van der Waals surface area contributed by atoms with Gasteiger partial charge in [0.05, 0.1) is 0 Å². The summed E-state index contributed by atoms with van der Waals surface area (Å²) in [5.74, 6) is -19.1. The summed E-state index contributed by atoms with van der Waals surface area (Å²) >= 11 is 0. The standard InChI is InChI=1S/C24H29F9OSi/c1-16(2)35(17(3)4,14-12-21(25,26)22(27,28)23(29,30)24(31,32)33)34-13-11-18-9-10-19-7-5-6-8-20(19)15-18/h5-10,15-17H,11-14H2,1-4H3. The Hall–Kier alpha value is -1.75. The number of alkyl halides is 9. The summed E-state index contributed by atoms with van der Waals surface area (Å²) in [7, 11) is -3.29. The molecule has 0 atom stereocenters. The van der Waals surface area contributed by atoms with Crippen molar-refractivity contribution in [3.8, 4) is 0 Å². The molecule has 0 saturated carbocycles. The van der Waals surface area contributed by atoms with E-state index >= 15 is 0 Å². The zero-order valence-corrected chi connectivity index (χ0v) is 20.8. The fourth-order valence-corrected chi connectivity index (χ4v) is 8.81. The SMILES string of the molecule is CC(C)[Si](CCC(F)(F)C(F)(F)C(F)(F)C(F)(F)F)(OCCc1ccc2ccccc2c1)C(C)C. The van der Waals surface area contributed by atoms with Crippen molar-refractivity contribution >= 4 is 19.1 Å². The molecule has 0 fully saturated rings. The topological polar surface area (TPSA) is 9.23 Å². The first-order valence-electron chi connectivity index (χ1n) is 11.2. The van der Waals surface area contributed by atoms with Crippen LogP contribution in [0.25, 0.3) is 10.8 Å². The van der Waals surface area contributed by atoms with Gasteiger partial charge < -0.3 is 4.43 Å². The molecule has 0 N–H and O–H groups in total. The van der Waals surface area contributed by atoms with Crippen LogP contribution in [-0.4, -0.2) is 38.9 Å². The number of fused-ring (bicyclic) bond motifs is 1. The van der Waals surface area contributed by atoms with Gasteiger partial charge in [-0.2, -0.15) is 39.5 Å². The van der Waals surface area contributed by atoms with Crippen LogP contribution in [0.3, 0.4) is 0 Å². The molecule has 0 bridgehead atoms. The Labute approximate surface area is 199 Å². The molecule has 0 heterocycles. The van der Waals surface area contributed by atoms with E-state index in [9.17, 15) is 39.5 Å². The van der Waals surface area contributed by atoms with Crippen molar-refractivity contribution in [2.45, 2.75) is 81.6 Å². The third-order valence-corrected chi connectivity index (χ3v) is 12.3. The van der Waals surface area contributed by atoms with E-state index in [4.69, 9.17) is 4.43 Å². The quantitative estimate of drug-likeness (QED) is 0.207. The molecule has 0 unspecified atom stereocenters. The number of benzene rings is 2. The number of hydrogen-bond acceptors (Lipinski definition) is 1. The Morgan fingerprint density at radius 1 is 0.743 bits per heavy atom. The Bertz CT molecular complexity index is 978. The summed E-state index contributed by atoms with van der Waals surface area (Å²) in [6.45, 7) is 6.69. The zero-order valence-electron chi connectivity index (χ0n) is 19.8. The lowest BCUT2D eigenvalue weighted by atomic mass is 10.0. The zero-order chi connectivity index (χ0) is 26.9. The van der Waals surface area contributed by atoms with Crippen molar-refractivity contribution in [2.24, 2.45) is 0 Å². The molecule has 0 saturated heterocycles. The van der Waals surface area contributed by atoms with E-state index < -0.39 is 44.7 Å². The lowest BCUT2D eigenvalue weighted by Gasteiger charge is -2.41. The first-order chi connectivity index (χ1) is 15.9. The van der Waals surface area contributed by atoms with Gasteiger partial charge in [0.1, 0.15) is 0 Å². The number of halogens is 9. The summed E-state index contributed by atoms with van der Waals surface area (Å²) in [4.78, 5) is 0. The molecule has 0 amide bonds. The molecular formula is C24H29F9OSi. The Kier molecular flexibility index (Phi) is 8.69. The molecule has 2 aromatic carbocycles. The predicted molar refractivity (Wildman–Crippen MR) is 120 cm³/mol. The average molecular weight is 533 g/mol. The smallest absolute Gasteiger partial charge is 0.416 e. The molecule has 0 aliphatic carbocycles.